The van der Waals surface area contributed by atoms with Gasteiger partial charge in [0.05, 0.1) is 11.7 Å². The van der Waals surface area contributed by atoms with Crippen molar-refractivity contribution < 1.29 is 4.79 Å². The van der Waals surface area contributed by atoms with Crippen LogP contribution in [0.2, 0.25) is 0 Å². The third-order valence-electron chi connectivity index (χ3n) is 5.18. The Morgan fingerprint density at radius 1 is 1.11 bits per heavy atom. The fourth-order valence-corrected chi connectivity index (χ4v) is 4.25. The number of nitrogens with one attached hydrogen (secondary N) is 1. The molecule has 0 spiro atoms. The molecule has 2 aromatic carbocycles. The highest BCUT2D eigenvalue weighted by atomic mass is 32.2. The summed E-state index contributed by atoms with van der Waals surface area (Å²) in [6, 6.07) is 16.7. The number of H-pyrrole nitrogens is 1. The maximum Gasteiger partial charge on any atom is 0.273 e. The number of rotatable bonds is 5. The van der Waals surface area contributed by atoms with E-state index >= 15 is 0 Å². The number of benzene rings is 2. The molecule has 1 aliphatic rings. The number of aryl methyl sites for hydroxylation is 1. The van der Waals surface area contributed by atoms with Gasteiger partial charge in [0.1, 0.15) is 5.69 Å². The quantitative estimate of drug-likeness (QED) is 0.600. The van der Waals surface area contributed by atoms with E-state index in [1.165, 1.54) is 10.5 Å². The number of hydrogen-bond acceptors (Lipinski definition) is 3. The molecule has 1 atom stereocenters. The van der Waals surface area contributed by atoms with Gasteiger partial charge in [0.25, 0.3) is 5.91 Å². The smallest absolute Gasteiger partial charge is 0.273 e. The van der Waals surface area contributed by atoms with Gasteiger partial charge in [0, 0.05) is 22.6 Å². The van der Waals surface area contributed by atoms with Crippen molar-refractivity contribution in [3.63, 3.8) is 0 Å². The Labute approximate surface area is 170 Å². The lowest BCUT2D eigenvalue weighted by Gasteiger charge is -2.28. The molecule has 1 N–H and O–H groups in total. The molecule has 0 bridgehead atoms. The molecule has 0 saturated carbocycles. The van der Waals surface area contributed by atoms with E-state index in [-0.39, 0.29) is 11.9 Å². The molecule has 2 heterocycles. The van der Waals surface area contributed by atoms with Gasteiger partial charge in [0.2, 0.25) is 0 Å². The van der Waals surface area contributed by atoms with Crippen LogP contribution in [0.15, 0.2) is 53.4 Å². The van der Waals surface area contributed by atoms with Gasteiger partial charge in [-0.3, -0.25) is 9.89 Å². The van der Waals surface area contributed by atoms with E-state index in [9.17, 15) is 4.79 Å². The Morgan fingerprint density at radius 3 is 2.39 bits per heavy atom. The lowest BCUT2D eigenvalue weighted by Crippen LogP contribution is -2.32. The monoisotopic (exact) mass is 391 g/mol. The van der Waals surface area contributed by atoms with Gasteiger partial charge < -0.3 is 4.90 Å². The number of nitrogens with zero attached hydrogens (tertiary/aromatic N) is 2. The molecule has 28 heavy (non-hydrogen) atoms. The van der Waals surface area contributed by atoms with Crippen LogP contribution in [-0.2, 0) is 0 Å². The minimum absolute atomic E-state index is 0.0357. The van der Waals surface area contributed by atoms with Gasteiger partial charge >= 0.3 is 0 Å². The molecule has 4 rings (SSSR count). The van der Waals surface area contributed by atoms with Crippen molar-refractivity contribution in [2.24, 2.45) is 5.92 Å². The minimum Gasteiger partial charge on any atom is -0.326 e. The summed E-state index contributed by atoms with van der Waals surface area (Å²) in [4.78, 5) is 16.4. The maximum absolute atomic E-state index is 13.2. The number of aromatic nitrogens is 2. The third kappa shape index (κ3) is 3.24. The zero-order valence-corrected chi connectivity index (χ0v) is 17.5. The molecule has 3 aromatic rings. The third-order valence-corrected chi connectivity index (χ3v) is 5.93. The summed E-state index contributed by atoms with van der Waals surface area (Å²) in [7, 11) is 0. The first-order valence-electron chi connectivity index (χ1n) is 9.59. The molecule has 1 amide bonds. The molecule has 4 nitrogen and oxygen atoms in total. The lowest BCUT2D eigenvalue weighted by molar-refractivity contribution is 0.0722. The molecular formula is C23H25N3OS. The number of carbonyl (C=O) groups excluding carboxylic acids is 1. The Hall–Kier alpha value is -2.53. The topological polar surface area (TPSA) is 49.0 Å². The van der Waals surface area contributed by atoms with Crippen LogP contribution in [0.1, 0.15) is 47.1 Å². The molecule has 1 aromatic heterocycles. The first-order chi connectivity index (χ1) is 13.5. The van der Waals surface area contributed by atoms with E-state index < -0.39 is 0 Å². The average Bonchev–Trinajstić information content (AvgIpc) is 3.22. The van der Waals surface area contributed by atoms with E-state index in [1.54, 1.807) is 11.8 Å². The van der Waals surface area contributed by atoms with Gasteiger partial charge in [-0.15, -0.1) is 11.8 Å². The molecule has 5 heteroatoms. The Bertz CT molecular complexity index is 990. The van der Waals surface area contributed by atoms with Crippen LogP contribution >= 0.6 is 11.8 Å². The molecule has 0 fully saturated rings. The molecular weight excluding hydrogens is 366 g/mol. The highest BCUT2D eigenvalue weighted by Gasteiger charge is 2.42. The van der Waals surface area contributed by atoms with Crippen LogP contribution < -0.4 is 0 Å². The first-order valence-corrected chi connectivity index (χ1v) is 10.8. The largest absolute Gasteiger partial charge is 0.326 e. The summed E-state index contributed by atoms with van der Waals surface area (Å²) in [5.41, 5.74) is 5.85. The summed E-state index contributed by atoms with van der Waals surface area (Å²) >= 11 is 1.72. The fourth-order valence-electron chi connectivity index (χ4n) is 3.84. The lowest BCUT2D eigenvalue weighted by atomic mass is 9.95. The number of hydrogen-bond donors (Lipinski definition) is 1. The van der Waals surface area contributed by atoms with Crippen molar-refractivity contribution in [1.82, 2.24) is 15.1 Å². The number of fused-ring (bicyclic) bond motifs is 1. The number of aromatic amines is 1. The summed E-state index contributed by atoms with van der Waals surface area (Å²) in [5.74, 6) is 0.421. The summed E-state index contributed by atoms with van der Waals surface area (Å²) < 4.78 is 0. The molecule has 0 radical (unpaired) electrons. The van der Waals surface area contributed by atoms with Gasteiger partial charge in [-0.1, -0.05) is 55.8 Å². The van der Waals surface area contributed by atoms with Crippen molar-refractivity contribution >= 4 is 17.7 Å². The van der Waals surface area contributed by atoms with E-state index in [0.717, 1.165) is 22.4 Å². The van der Waals surface area contributed by atoms with Crippen LogP contribution in [0.25, 0.3) is 11.3 Å². The van der Waals surface area contributed by atoms with Crippen molar-refractivity contribution in [1.29, 1.82) is 0 Å². The van der Waals surface area contributed by atoms with Crippen LogP contribution in [0.4, 0.5) is 0 Å². The number of thioether (sulfide) groups is 1. The average molecular weight is 392 g/mol. The second-order valence-electron chi connectivity index (χ2n) is 7.75. The predicted octanol–water partition coefficient (Wildman–Crippen LogP) is 5.31. The van der Waals surface area contributed by atoms with Gasteiger partial charge in [-0.25, -0.2) is 0 Å². The minimum atomic E-state index is -0.115. The van der Waals surface area contributed by atoms with Crippen molar-refractivity contribution in [2.75, 3.05) is 12.8 Å². The Morgan fingerprint density at radius 2 is 1.79 bits per heavy atom. The SMILES string of the molecule is CSc1ccc(C2c3c(-c4ccc(C)cc4)n[nH]c3C(=O)N2CC(C)C)cc1. The standard InChI is InChI=1S/C23H25N3OS/c1-14(2)13-26-22(17-9-11-18(28-4)12-10-17)19-20(24-25-21(19)23(26)27)16-7-5-15(3)6-8-16/h5-12,14,22H,13H2,1-4H3,(H,24,25). The summed E-state index contributed by atoms with van der Waals surface area (Å²) in [6.07, 6.45) is 2.07. The fraction of sp³-hybridized carbons (Fsp3) is 0.304. The molecule has 0 aliphatic carbocycles. The Kier molecular flexibility index (Phi) is 5.02. The van der Waals surface area contributed by atoms with Gasteiger partial charge in [-0.2, -0.15) is 5.10 Å². The summed E-state index contributed by atoms with van der Waals surface area (Å²) in [5, 5.41) is 7.56. The van der Waals surface area contributed by atoms with E-state index in [2.05, 4.69) is 85.8 Å². The normalized spacial score (nSPS) is 16.1. The Balaban J connectivity index is 1.85. The van der Waals surface area contributed by atoms with Crippen molar-refractivity contribution in [3.05, 3.63) is 70.9 Å². The molecule has 1 unspecified atom stereocenters. The maximum atomic E-state index is 13.2. The van der Waals surface area contributed by atoms with Crippen LogP contribution in [0.3, 0.4) is 0 Å². The van der Waals surface area contributed by atoms with E-state index in [0.29, 0.717) is 18.2 Å². The predicted molar refractivity (Wildman–Crippen MR) is 115 cm³/mol. The van der Waals surface area contributed by atoms with Crippen LogP contribution in [-0.4, -0.2) is 33.8 Å². The molecule has 0 saturated heterocycles. The van der Waals surface area contributed by atoms with Crippen LogP contribution in [0.5, 0.6) is 0 Å². The zero-order chi connectivity index (χ0) is 19.8. The second-order valence-corrected chi connectivity index (χ2v) is 8.63. The highest BCUT2D eigenvalue weighted by Crippen LogP contribution is 2.43. The van der Waals surface area contributed by atoms with Crippen molar-refractivity contribution in [3.8, 4) is 11.3 Å². The molecule has 1 aliphatic heterocycles. The zero-order valence-electron chi connectivity index (χ0n) is 16.7. The van der Waals surface area contributed by atoms with Gasteiger partial charge in [0.15, 0.2) is 0 Å². The van der Waals surface area contributed by atoms with Crippen molar-refractivity contribution in [2.45, 2.75) is 31.7 Å². The number of amides is 1. The second kappa shape index (κ2) is 7.47. The highest BCUT2D eigenvalue weighted by molar-refractivity contribution is 7.98. The number of carbonyl (C=O) groups is 1. The van der Waals surface area contributed by atoms with Gasteiger partial charge in [-0.05, 0) is 36.8 Å². The molecule has 144 valence electrons. The van der Waals surface area contributed by atoms with E-state index in [1.807, 2.05) is 4.90 Å². The van der Waals surface area contributed by atoms with E-state index in [4.69, 9.17) is 0 Å². The summed E-state index contributed by atoms with van der Waals surface area (Å²) in [6.45, 7) is 7.08. The first kappa shape index (κ1) is 18.8. The van der Waals surface area contributed by atoms with Crippen LogP contribution in [0, 0.1) is 12.8 Å².